The summed E-state index contributed by atoms with van der Waals surface area (Å²) in [5.41, 5.74) is 5.38. The summed E-state index contributed by atoms with van der Waals surface area (Å²) in [6, 6.07) is 12.6. The zero-order valence-corrected chi connectivity index (χ0v) is 14.0. The fourth-order valence-corrected chi connectivity index (χ4v) is 2.09. The highest BCUT2D eigenvalue weighted by Crippen LogP contribution is 2.18. The van der Waals surface area contributed by atoms with Gasteiger partial charge in [-0.15, -0.1) is 5.73 Å². The molecule has 0 unspecified atom stereocenters. The average Bonchev–Trinajstić information content (AvgIpc) is 2.69. The van der Waals surface area contributed by atoms with Gasteiger partial charge in [-0.1, -0.05) is 24.3 Å². The summed E-state index contributed by atoms with van der Waals surface area (Å²) in [5.74, 6) is -1.10. The highest BCUT2D eigenvalue weighted by molar-refractivity contribution is 5.96. The Bertz CT molecular complexity index is 959. The van der Waals surface area contributed by atoms with Crippen molar-refractivity contribution in [2.75, 3.05) is 0 Å². The van der Waals surface area contributed by atoms with Crippen LogP contribution in [-0.4, -0.2) is 21.9 Å². The summed E-state index contributed by atoms with van der Waals surface area (Å²) < 4.78 is 0. The topological polar surface area (TPSA) is 122 Å². The number of rotatable bonds is 6. The van der Waals surface area contributed by atoms with Crippen LogP contribution in [0.25, 0.3) is 12.2 Å². The smallest absolute Gasteiger partial charge is 0.277 e. The van der Waals surface area contributed by atoms with Crippen LogP contribution in [-0.2, 0) is 4.79 Å². The molecule has 8 heteroatoms. The molecule has 0 aliphatic heterocycles. The molecule has 2 aromatic carbocycles. The Balaban J connectivity index is 2.08. The summed E-state index contributed by atoms with van der Waals surface area (Å²) in [6.45, 7) is 0. The molecule has 0 saturated heterocycles. The van der Waals surface area contributed by atoms with Gasteiger partial charge in [0.15, 0.2) is 0 Å². The van der Waals surface area contributed by atoms with Crippen LogP contribution in [0.3, 0.4) is 0 Å². The first kappa shape index (κ1) is 19.3. The number of nitrogens with one attached hydrogen (secondary N) is 2. The number of hydroxylamine groups is 1. The molecule has 2 aromatic rings. The average molecular weight is 365 g/mol. The Kier molecular flexibility index (Phi) is 6.78. The van der Waals surface area contributed by atoms with E-state index in [4.69, 9.17) is 5.21 Å². The number of para-hydroxylation sites is 1. The van der Waals surface area contributed by atoms with Crippen LogP contribution in [0.5, 0.6) is 0 Å². The predicted molar refractivity (Wildman–Crippen MR) is 98.5 cm³/mol. The number of hydrogen-bond acceptors (Lipinski definition) is 5. The van der Waals surface area contributed by atoms with Crippen LogP contribution in [0.1, 0.15) is 21.5 Å². The number of nitro groups is 1. The van der Waals surface area contributed by atoms with E-state index < -0.39 is 16.7 Å². The molecule has 136 valence electrons. The first-order chi connectivity index (χ1) is 13.0. The van der Waals surface area contributed by atoms with Gasteiger partial charge in [0.25, 0.3) is 17.5 Å². The maximum absolute atomic E-state index is 12.1. The highest BCUT2D eigenvalue weighted by atomic mass is 16.6. The second kappa shape index (κ2) is 9.47. The van der Waals surface area contributed by atoms with E-state index >= 15 is 0 Å². The minimum atomic E-state index is -0.687. The number of benzene rings is 2. The van der Waals surface area contributed by atoms with E-state index in [9.17, 15) is 19.7 Å². The van der Waals surface area contributed by atoms with Crippen molar-refractivity contribution in [3.05, 3.63) is 93.3 Å². The number of carbonyl (C=O) groups is 2. The Morgan fingerprint density at radius 1 is 1.15 bits per heavy atom. The number of hydrogen-bond donors (Lipinski definition) is 3. The summed E-state index contributed by atoms with van der Waals surface area (Å²) in [4.78, 5) is 33.5. The molecule has 0 aromatic heterocycles. The monoisotopic (exact) mass is 365 g/mol. The molecule has 2 rings (SSSR count). The van der Waals surface area contributed by atoms with Crippen molar-refractivity contribution in [2.45, 2.75) is 0 Å². The van der Waals surface area contributed by atoms with Crippen LogP contribution in [0.15, 0.2) is 66.5 Å². The molecule has 0 saturated carbocycles. The molecule has 0 aliphatic rings. The number of nitrogens with zero attached hydrogens (tertiary/aromatic N) is 1. The lowest BCUT2D eigenvalue weighted by Gasteiger charge is -2.01. The molecular formula is C19H15N3O5. The maximum Gasteiger partial charge on any atom is 0.277 e. The van der Waals surface area contributed by atoms with Gasteiger partial charge in [-0.3, -0.25) is 24.9 Å². The Morgan fingerprint density at radius 2 is 1.93 bits per heavy atom. The number of amides is 2. The first-order valence-corrected chi connectivity index (χ1v) is 7.68. The molecule has 0 spiro atoms. The highest BCUT2D eigenvalue weighted by Gasteiger charge is 2.08. The predicted octanol–water partition coefficient (Wildman–Crippen LogP) is 2.67. The van der Waals surface area contributed by atoms with Gasteiger partial charge in [-0.25, -0.2) is 5.48 Å². The van der Waals surface area contributed by atoms with Crippen molar-refractivity contribution < 1.29 is 19.7 Å². The summed E-state index contributed by atoms with van der Waals surface area (Å²) in [5, 5.41) is 21.9. The molecule has 0 radical (unpaired) electrons. The third-order valence-corrected chi connectivity index (χ3v) is 3.35. The molecule has 0 heterocycles. The van der Waals surface area contributed by atoms with E-state index in [0.29, 0.717) is 16.7 Å². The van der Waals surface area contributed by atoms with Crippen LogP contribution in [0, 0.1) is 10.1 Å². The second-order valence-corrected chi connectivity index (χ2v) is 5.18. The van der Waals surface area contributed by atoms with Gasteiger partial charge in [0.05, 0.1) is 10.5 Å². The van der Waals surface area contributed by atoms with Gasteiger partial charge < -0.3 is 5.32 Å². The van der Waals surface area contributed by atoms with Gasteiger partial charge >= 0.3 is 0 Å². The number of nitro benzene ring substituents is 1. The van der Waals surface area contributed by atoms with Crippen molar-refractivity contribution in [3.8, 4) is 0 Å². The summed E-state index contributed by atoms with van der Waals surface area (Å²) in [6.07, 6.45) is 5.20. The van der Waals surface area contributed by atoms with Crippen molar-refractivity contribution in [1.29, 1.82) is 0 Å². The molecule has 0 fully saturated rings. The van der Waals surface area contributed by atoms with Crippen LogP contribution >= 0.6 is 0 Å². The van der Waals surface area contributed by atoms with Gasteiger partial charge in [-0.05, 0) is 35.9 Å². The minimum Gasteiger partial charge on any atom is -0.322 e. The first-order valence-electron chi connectivity index (χ1n) is 7.68. The van der Waals surface area contributed by atoms with E-state index in [1.54, 1.807) is 42.5 Å². The third kappa shape index (κ3) is 5.79. The van der Waals surface area contributed by atoms with Gasteiger partial charge in [0.1, 0.15) is 0 Å². The molecule has 27 heavy (non-hydrogen) atoms. The van der Waals surface area contributed by atoms with Gasteiger partial charge in [0.2, 0.25) is 0 Å². The molecule has 0 aliphatic carbocycles. The summed E-state index contributed by atoms with van der Waals surface area (Å²) in [7, 11) is 0. The quantitative estimate of drug-likeness (QED) is 0.239. The SMILES string of the molecule is O=C(C=Cc1cccc(C(=O)NC=C=Cc2ccccc2[N+](=O)[O-])c1)NO. The fraction of sp³-hybridized carbons (Fsp3) is 0. The van der Waals surface area contributed by atoms with Crippen LogP contribution < -0.4 is 10.8 Å². The molecule has 3 N–H and O–H groups in total. The zero-order chi connectivity index (χ0) is 19.6. The maximum atomic E-state index is 12.1. The fourth-order valence-electron chi connectivity index (χ4n) is 2.09. The largest absolute Gasteiger partial charge is 0.322 e. The number of carbonyl (C=O) groups excluding carboxylic acids is 2. The van der Waals surface area contributed by atoms with E-state index in [0.717, 1.165) is 6.08 Å². The van der Waals surface area contributed by atoms with Gasteiger partial charge in [0, 0.05) is 23.9 Å². The minimum absolute atomic E-state index is 0.0591. The van der Waals surface area contributed by atoms with E-state index in [-0.39, 0.29) is 5.69 Å². The molecule has 8 nitrogen and oxygen atoms in total. The third-order valence-electron chi connectivity index (χ3n) is 3.35. The molecule has 0 bridgehead atoms. The van der Waals surface area contributed by atoms with E-state index in [1.165, 1.54) is 29.9 Å². The van der Waals surface area contributed by atoms with Crippen LogP contribution in [0.2, 0.25) is 0 Å². The summed E-state index contributed by atoms with van der Waals surface area (Å²) >= 11 is 0. The lowest BCUT2D eigenvalue weighted by atomic mass is 10.1. The Hall–Kier alpha value is -4.00. The molecule has 0 atom stereocenters. The van der Waals surface area contributed by atoms with Gasteiger partial charge in [-0.2, -0.15) is 0 Å². The zero-order valence-electron chi connectivity index (χ0n) is 14.0. The van der Waals surface area contributed by atoms with Crippen molar-refractivity contribution in [1.82, 2.24) is 10.8 Å². The van der Waals surface area contributed by atoms with Crippen molar-refractivity contribution in [2.24, 2.45) is 0 Å². The molecule has 2 amide bonds. The Morgan fingerprint density at radius 3 is 2.67 bits per heavy atom. The Labute approximate surface area is 154 Å². The second-order valence-electron chi connectivity index (χ2n) is 5.18. The standard InChI is InChI=1S/C19H15N3O5/c23-18(21-25)11-10-14-5-3-7-16(13-14)19(24)20-12-4-8-15-6-1-2-9-17(15)22(26)27/h1-3,5-13,25H,(H,20,24)(H,21,23). The van der Waals surface area contributed by atoms with E-state index in [1.807, 2.05) is 0 Å². The normalized spacial score (nSPS) is 9.96. The lowest BCUT2D eigenvalue weighted by molar-refractivity contribution is -0.385. The van der Waals surface area contributed by atoms with Crippen molar-refractivity contribution in [3.63, 3.8) is 0 Å². The van der Waals surface area contributed by atoms with Crippen molar-refractivity contribution >= 4 is 29.7 Å². The lowest BCUT2D eigenvalue weighted by Crippen LogP contribution is -2.16. The van der Waals surface area contributed by atoms with E-state index in [2.05, 4.69) is 11.0 Å². The molecular weight excluding hydrogens is 350 g/mol. The van der Waals surface area contributed by atoms with Crippen LogP contribution in [0.4, 0.5) is 5.69 Å².